The second-order valence-electron chi connectivity index (χ2n) is 4.85. The molecule has 0 saturated carbocycles. The van der Waals surface area contributed by atoms with Crippen molar-refractivity contribution >= 4 is 23.0 Å². The number of thiophene rings is 1. The van der Waals surface area contributed by atoms with E-state index in [9.17, 15) is 9.59 Å². The molecule has 0 spiro atoms. The lowest BCUT2D eigenvalue weighted by Crippen LogP contribution is -2.49. The maximum absolute atomic E-state index is 12.0. The standard InChI is InChI=1S/C14H20N2O3S/c17-10-9-15-5-7-16(8-6-15)14(19)4-3-12(18)13-2-1-11-20-13/h1-2,11,17H,3-10H2. The number of hydrogen-bond donors (Lipinski definition) is 1. The van der Waals surface area contributed by atoms with Gasteiger partial charge in [0.2, 0.25) is 5.91 Å². The van der Waals surface area contributed by atoms with Crippen LogP contribution in [0.1, 0.15) is 22.5 Å². The van der Waals surface area contributed by atoms with Crippen molar-refractivity contribution in [1.29, 1.82) is 0 Å². The molecule has 2 heterocycles. The van der Waals surface area contributed by atoms with Crippen LogP contribution in [0.3, 0.4) is 0 Å². The molecule has 0 bridgehead atoms. The van der Waals surface area contributed by atoms with Gasteiger partial charge in [0.25, 0.3) is 0 Å². The Balaban J connectivity index is 1.72. The first-order chi connectivity index (χ1) is 9.70. The van der Waals surface area contributed by atoms with Crippen molar-refractivity contribution in [3.05, 3.63) is 22.4 Å². The Morgan fingerprint density at radius 2 is 1.95 bits per heavy atom. The van der Waals surface area contributed by atoms with Gasteiger partial charge in [-0.3, -0.25) is 14.5 Å². The first-order valence-electron chi connectivity index (χ1n) is 6.88. The predicted molar refractivity (Wildman–Crippen MR) is 78.0 cm³/mol. The largest absolute Gasteiger partial charge is 0.395 e. The van der Waals surface area contributed by atoms with E-state index in [1.807, 2.05) is 16.3 Å². The summed E-state index contributed by atoms with van der Waals surface area (Å²) in [6.45, 7) is 3.79. The Hall–Kier alpha value is -1.24. The van der Waals surface area contributed by atoms with Crippen molar-refractivity contribution in [3.8, 4) is 0 Å². The number of aliphatic hydroxyl groups is 1. The molecule has 0 aliphatic carbocycles. The Kier molecular flexibility index (Phi) is 5.70. The van der Waals surface area contributed by atoms with E-state index < -0.39 is 0 Å². The average Bonchev–Trinajstić information content (AvgIpc) is 3.00. The molecular formula is C14H20N2O3S. The van der Waals surface area contributed by atoms with Gasteiger partial charge in [-0.15, -0.1) is 11.3 Å². The van der Waals surface area contributed by atoms with E-state index in [1.54, 1.807) is 6.07 Å². The fourth-order valence-corrected chi connectivity index (χ4v) is 3.00. The summed E-state index contributed by atoms with van der Waals surface area (Å²) in [4.78, 5) is 28.6. The molecule has 20 heavy (non-hydrogen) atoms. The van der Waals surface area contributed by atoms with Crippen LogP contribution in [0.5, 0.6) is 0 Å². The quantitative estimate of drug-likeness (QED) is 0.791. The molecule has 0 unspecified atom stereocenters. The SMILES string of the molecule is O=C(CCC(=O)N1CCN(CCO)CC1)c1cccs1. The summed E-state index contributed by atoms with van der Waals surface area (Å²) in [5.41, 5.74) is 0. The number of carbonyl (C=O) groups excluding carboxylic acids is 2. The lowest BCUT2D eigenvalue weighted by atomic mass is 10.1. The Morgan fingerprint density at radius 3 is 2.55 bits per heavy atom. The van der Waals surface area contributed by atoms with Gasteiger partial charge in [-0.2, -0.15) is 0 Å². The molecule has 1 N–H and O–H groups in total. The molecule has 1 fully saturated rings. The topological polar surface area (TPSA) is 60.9 Å². The number of β-amino-alcohol motifs (C(OH)–C–C–N with tert-alkyl or cyclic N) is 1. The van der Waals surface area contributed by atoms with E-state index in [0.717, 1.165) is 18.0 Å². The van der Waals surface area contributed by atoms with Crippen LogP contribution in [0.2, 0.25) is 0 Å². The molecule has 1 aliphatic rings. The molecule has 0 aromatic carbocycles. The lowest BCUT2D eigenvalue weighted by molar-refractivity contribution is -0.132. The molecule has 1 aromatic rings. The molecule has 1 aliphatic heterocycles. The maximum Gasteiger partial charge on any atom is 0.223 e. The Bertz CT molecular complexity index is 439. The van der Waals surface area contributed by atoms with Crippen molar-refractivity contribution in [2.24, 2.45) is 0 Å². The van der Waals surface area contributed by atoms with Gasteiger partial charge in [0.15, 0.2) is 5.78 Å². The van der Waals surface area contributed by atoms with E-state index in [4.69, 9.17) is 5.11 Å². The van der Waals surface area contributed by atoms with Gasteiger partial charge in [0.1, 0.15) is 0 Å². The smallest absolute Gasteiger partial charge is 0.223 e. The van der Waals surface area contributed by atoms with E-state index in [-0.39, 0.29) is 31.1 Å². The molecule has 2 rings (SSSR count). The van der Waals surface area contributed by atoms with Crippen molar-refractivity contribution in [2.45, 2.75) is 12.8 Å². The molecular weight excluding hydrogens is 276 g/mol. The van der Waals surface area contributed by atoms with Gasteiger partial charge in [-0.05, 0) is 11.4 Å². The first kappa shape index (κ1) is 15.2. The highest BCUT2D eigenvalue weighted by atomic mass is 32.1. The van der Waals surface area contributed by atoms with Gasteiger partial charge in [0.05, 0.1) is 11.5 Å². The third-order valence-electron chi connectivity index (χ3n) is 3.50. The minimum Gasteiger partial charge on any atom is -0.395 e. The summed E-state index contributed by atoms with van der Waals surface area (Å²) in [6.07, 6.45) is 0.576. The number of Topliss-reactive ketones (excluding diaryl/α,β-unsaturated/α-hetero) is 1. The molecule has 1 aromatic heterocycles. The zero-order valence-corrected chi connectivity index (χ0v) is 12.3. The van der Waals surface area contributed by atoms with Crippen LogP contribution in [0.4, 0.5) is 0 Å². The fourth-order valence-electron chi connectivity index (χ4n) is 2.30. The molecule has 0 atom stereocenters. The fraction of sp³-hybridized carbons (Fsp3) is 0.571. The Labute approximate surface area is 122 Å². The van der Waals surface area contributed by atoms with Crippen molar-refractivity contribution in [3.63, 3.8) is 0 Å². The number of carbonyl (C=O) groups is 2. The minimum absolute atomic E-state index is 0.0484. The monoisotopic (exact) mass is 296 g/mol. The molecule has 0 radical (unpaired) electrons. The average molecular weight is 296 g/mol. The summed E-state index contributed by atoms with van der Waals surface area (Å²) >= 11 is 1.42. The summed E-state index contributed by atoms with van der Waals surface area (Å²) < 4.78 is 0. The van der Waals surface area contributed by atoms with E-state index in [0.29, 0.717) is 19.6 Å². The summed E-state index contributed by atoms with van der Waals surface area (Å²) in [6, 6.07) is 3.64. The maximum atomic E-state index is 12.0. The highest BCUT2D eigenvalue weighted by Crippen LogP contribution is 2.13. The van der Waals surface area contributed by atoms with Gasteiger partial charge in [-0.25, -0.2) is 0 Å². The van der Waals surface area contributed by atoms with Crippen LogP contribution >= 0.6 is 11.3 Å². The van der Waals surface area contributed by atoms with Gasteiger partial charge in [0, 0.05) is 45.6 Å². The number of rotatable bonds is 6. The van der Waals surface area contributed by atoms with E-state index in [1.165, 1.54) is 11.3 Å². The van der Waals surface area contributed by atoms with Crippen LogP contribution in [0.15, 0.2) is 17.5 Å². The van der Waals surface area contributed by atoms with E-state index >= 15 is 0 Å². The second kappa shape index (κ2) is 7.52. The number of piperazine rings is 1. The lowest BCUT2D eigenvalue weighted by Gasteiger charge is -2.34. The summed E-state index contributed by atoms with van der Waals surface area (Å²) in [5, 5.41) is 10.7. The number of ketones is 1. The van der Waals surface area contributed by atoms with Crippen molar-refractivity contribution in [2.75, 3.05) is 39.3 Å². The zero-order valence-electron chi connectivity index (χ0n) is 11.5. The second-order valence-corrected chi connectivity index (χ2v) is 5.79. The number of aliphatic hydroxyl groups excluding tert-OH is 1. The highest BCUT2D eigenvalue weighted by molar-refractivity contribution is 7.12. The molecule has 6 heteroatoms. The number of amides is 1. The van der Waals surface area contributed by atoms with E-state index in [2.05, 4.69) is 4.90 Å². The van der Waals surface area contributed by atoms with Gasteiger partial charge >= 0.3 is 0 Å². The molecule has 5 nitrogen and oxygen atoms in total. The molecule has 1 amide bonds. The number of hydrogen-bond acceptors (Lipinski definition) is 5. The zero-order chi connectivity index (χ0) is 14.4. The summed E-state index contributed by atoms with van der Waals surface area (Å²) in [5.74, 6) is 0.103. The van der Waals surface area contributed by atoms with Crippen LogP contribution in [0, 0.1) is 0 Å². The van der Waals surface area contributed by atoms with Crippen LogP contribution < -0.4 is 0 Å². The highest BCUT2D eigenvalue weighted by Gasteiger charge is 2.21. The molecule has 110 valence electrons. The van der Waals surface area contributed by atoms with Gasteiger partial charge < -0.3 is 10.0 Å². The third kappa shape index (κ3) is 4.13. The first-order valence-corrected chi connectivity index (χ1v) is 7.76. The van der Waals surface area contributed by atoms with Crippen LogP contribution in [0.25, 0.3) is 0 Å². The summed E-state index contributed by atoms with van der Waals surface area (Å²) in [7, 11) is 0. The van der Waals surface area contributed by atoms with Crippen molar-refractivity contribution in [1.82, 2.24) is 9.80 Å². The van der Waals surface area contributed by atoms with Crippen molar-refractivity contribution < 1.29 is 14.7 Å². The van der Waals surface area contributed by atoms with Gasteiger partial charge in [-0.1, -0.05) is 6.07 Å². The van der Waals surface area contributed by atoms with Crippen LogP contribution in [-0.4, -0.2) is 65.9 Å². The van der Waals surface area contributed by atoms with Crippen LogP contribution in [-0.2, 0) is 4.79 Å². The molecule has 1 saturated heterocycles. The Morgan fingerprint density at radius 1 is 1.20 bits per heavy atom. The normalized spacial score (nSPS) is 16.4. The predicted octanol–water partition coefficient (Wildman–Crippen LogP) is 0.848. The minimum atomic E-state index is 0.0484. The number of nitrogens with zero attached hydrogens (tertiary/aromatic N) is 2. The third-order valence-corrected chi connectivity index (χ3v) is 4.41.